The van der Waals surface area contributed by atoms with E-state index < -0.39 is 10.0 Å². The van der Waals surface area contributed by atoms with Gasteiger partial charge in [0.2, 0.25) is 10.0 Å². The predicted octanol–water partition coefficient (Wildman–Crippen LogP) is 1.52. The number of amides is 1. The second-order valence-corrected chi connectivity index (χ2v) is 9.83. The van der Waals surface area contributed by atoms with Gasteiger partial charge in [-0.2, -0.15) is 4.31 Å². The third-order valence-electron chi connectivity index (χ3n) is 5.59. The molecule has 1 saturated heterocycles. The van der Waals surface area contributed by atoms with Crippen molar-refractivity contribution in [2.24, 2.45) is 0 Å². The van der Waals surface area contributed by atoms with Gasteiger partial charge in [-0.15, -0.1) is 0 Å². The maximum atomic E-state index is 12.7. The smallest absolute Gasteiger partial charge is 0.251 e. The summed E-state index contributed by atoms with van der Waals surface area (Å²) in [6.45, 7) is 5.76. The minimum atomic E-state index is -3.46. The molecule has 1 N–H and O–H groups in total. The van der Waals surface area contributed by atoms with E-state index in [0.29, 0.717) is 37.3 Å². The highest BCUT2D eigenvalue weighted by molar-refractivity contribution is 7.89. The highest BCUT2D eigenvalue weighted by Gasteiger charge is 2.27. The van der Waals surface area contributed by atoms with E-state index in [9.17, 15) is 13.2 Å². The predicted molar refractivity (Wildman–Crippen MR) is 123 cm³/mol. The lowest BCUT2D eigenvalue weighted by atomic mass is 10.1. The van der Waals surface area contributed by atoms with Crippen molar-refractivity contribution in [3.05, 3.63) is 59.5 Å². The van der Waals surface area contributed by atoms with Crippen molar-refractivity contribution < 1.29 is 13.2 Å². The molecule has 1 aliphatic rings. The molecule has 32 heavy (non-hydrogen) atoms. The largest absolute Gasteiger partial charge is 0.354 e. The first-order valence-electron chi connectivity index (χ1n) is 10.5. The summed E-state index contributed by atoms with van der Waals surface area (Å²) in [5.41, 5.74) is 3.44. The average molecular weight is 455 g/mol. The lowest BCUT2D eigenvalue weighted by molar-refractivity contribution is 0.0956. The Morgan fingerprint density at radius 2 is 1.72 bits per heavy atom. The fourth-order valence-electron chi connectivity index (χ4n) is 3.63. The molecule has 0 unspecified atom stereocenters. The highest BCUT2D eigenvalue weighted by atomic mass is 32.2. The van der Waals surface area contributed by atoms with E-state index in [1.807, 2.05) is 32.0 Å². The van der Waals surface area contributed by atoms with E-state index in [-0.39, 0.29) is 18.2 Å². The number of aromatic nitrogens is 3. The van der Waals surface area contributed by atoms with E-state index in [0.717, 1.165) is 22.7 Å². The van der Waals surface area contributed by atoms with Crippen LogP contribution in [0.4, 0.5) is 5.82 Å². The van der Waals surface area contributed by atoms with Gasteiger partial charge in [0.15, 0.2) is 0 Å². The van der Waals surface area contributed by atoms with Crippen LogP contribution in [0.3, 0.4) is 0 Å². The number of rotatable bonds is 6. The van der Waals surface area contributed by atoms with Gasteiger partial charge in [0.25, 0.3) is 5.91 Å². The number of piperazine rings is 1. The fourth-order valence-corrected chi connectivity index (χ4v) is 4.97. The standard InChI is InChI=1S/C22H26N6O3S/c1-16-17(2)26-20-15-18(6-7-19(20)25-16)22(29)24-9-14-32(30,31)28-12-10-27(11-13-28)21-5-3-4-8-23-21/h3-8,15H,9-14H2,1-2H3,(H,24,29). The van der Waals surface area contributed by atoms with E-state index in [1.54, 1.807) is 24.4 Å². The number of carbonyl (C=O) groups excluding carboxylic acids is 1. The van der Waals surface area contributed by atoms with Crippen LogP contribution in [0.15, 0.2) is 42.6 Å². The summed E-state index contributed by atoms with van der Waals surface area (Å²) in [5, 5.41) is 2.71. The molecule has 1 aromatic carbocycles. The molecule has 0 aliphatic carbocycles. The Kier molecular flexibility index (Phi) is 6.33. The average Bonchev–Trinajstić information content (AvgIpc) is 2.80. The van der Waals surface area contributed by atoms with Crippen molar-refractivity contribution in [1.82, 2.24) is 24.6 Å². The van der Waals surface area contributed by atoms with Crippen LogP contribution in [0.2, 0.25) is 0 Å². The molecule has 1 fully saturated rings. The van der Waals surface area contributed by atoms with Gasteiger partial charge in [-0.05, 0) is 44.2 Å². The van der Waals surface area contributed by atoms with Crippen LogP contribution in [0.1, 0.15) is 21.7 Å². The summed E-state index contributed by atoms with van der Waals surface area (Å²) in [4.78, 5) is 27.8. The maximum Gasteiger partial charge on any atom is 0.251 e. The molecule has 0 atom stereocenters. The second kappa shape index (κ2) is 9.17. The van der Waals surface area contributed by atoms with Gasteiger partial charge in [0.1, 0.15) is 5.82 Å². The first-order chi connectivity index (χ1) is 15.3. The number of carbonyl (C=O) groups is 1. The lowest BCUT2D eigenvalue weighted by Gasteiger charge is -2.34. The minimum absolute atomic E-state index is 0.0399. The lowest BCUT2D eigenvalue weighted by Crippen LogP contribution is -2.50. The quantitative estimate of drug-likeness (QED) is 0.602. The zero-order valence-corrected chi connectivity index (χ0v) is 19.0. The Balaban J connectivity index is 1.31. The van der Waals surface area contributed by atoms with Gasteiger partial charge < -0.3 is 10.2 Å². The summed E-state index contributed by atoms with van der Waals surface area (Å²) in [7, 11) is -3.46. The molecule has 3 heterocycles. The van der Waals surface area contributed by atoms with Crippen molar-refractivity contribution in [3.8, 4) is 0 Å². The van der Waals surface area contributed by atoms with Crippen molar-refractivity contribution in [1.29, 1.82) is 0 Å². The van der Waals surface area contributed by atoms with Crippen molar-refractivity contribution in [3.63, 3.8) is 0 Å². The Morgan fingerprint density at radius 3 is 2.41 bits per heavy atom. The van der Waals surface area contributed by atoms with Crippen LogP contribution in [0, 0.1) is 13.8 Å². The monoisotopic (exact) mass is 454 g/mol. The van der Waals surface area contributed by atoms with E-state index >= 15 is 0 Å². The first kappa shape index (κ1) is 22.1. The molecule has 2 aromatic heterocycles. The van der Waals surface area contributed by atoms with Gasteiger partial charge in [-0.25, -0.2) is 23.4 Å². The number of benzene rings is 1. The highest BCUT2D eigenvalue weighted by Crippen LogP contribution is 2.16. The van der Waals surface area contributed by atoms with E-state index in [1.165, 1.54) is 4.31 Å². The fraction of sp³-hybridized carbons (Fsp3) is 0.364. The van der Waals surface area contributed by atoms with Gasteiger partial charge in [0.05, 0.1) is 28.2 Å². The van der Waals surface area contributed by atoms with Crippen molar-refractivity contribution in [2.45, 2.75) is 13.8 Å². The Hall–Kier alpha value is -3.11. The summed E-state index contributed by atoms with van der Waals surface area (Å²) in [6.07, 6.45) is 1.73. The number of fused-ring (bicyclic) bond motifs is 1. The van der Waals surface area contributed by atoms with Crippen LogP contribution in [-0.2, 0) is 10.0 Å². The van der Waals surface area contributed by atoms with Crippen LogP contribution in [0.5, 0.6) is 0 Å². The molecule has 10 heteroatoms. The zero-order valence-electron chi connectivity index (χ0n) is 18.2. The summed E-state index contributed by atoms with van der Waals surface area (Å²) in [5.74, 6) is 0.373. The normalized spacial score (nSPS) is 15.1. The summed E-state index contributed by atoms with van der Waals surface area (Å²) >= 11 is 0. The molecular weight excluding hydrogens is 428 g/mol. The molecule has 1 amide bonds. The van der Waals surface area contributed by atoms with Crippen LogP contribution >= 0.6 is 0 Å². The topological polar surface area (TPSA) is 108 Å². The van der Waals surface area contributed by atoms with Gasteiger partial charge >= 0.3 is 0 Å². The van der Waals surface area contributed by atoms with Crippen LogP contribution in [-0.4, -0.2) is 72.1 Å². The maximum absolute atomic E-state index is 12.7. The zero-order chi connectivity index (χ0) is 22.7. The van der Waals surface area contributed by atoms with Gasteiger partial charge in [-0.3, -0.25) is 4.79 Å². The molecule has 0 saturated carbocycles. The van der Waals surface area contributed by atoms with Crippen LogP contribution < -0.4 is 10.2 Å². The Morgan fingerprint density at radius 1 is 1.00 bits per heavy atom. The Labute approximate surface area is 187 Å². The van der Waals surface area contributed by atoms with Crippen LogP contribution in [0.25, 0.3) is 11.0 Å². The molecule has 4 rings (SSSR count). The first-order valence-corrected chi connectivity index (χ1v) is 12.1. The number of anilines is 1. The molecular formula is C22H26N6O3S. The third kappa shape index (κ3) is 4.86. The van der Waals surface area contributed by atoms with E-state index in [2.05, 4.69) is 25.2 Å². The molecule has 0 radical (unpaired) electrons. The minimum Gasteiger partial charge on any atom is -0.354 e. The van der Waals surface area contributed by atoms with Crippen molar-refractivity contribution in [2.75, 3.05) is 43.4 Å². The molecule has 0 spiro atoms. The number of hydrogen-bond acceptors (Lipinski definition) is 7. The van der Waals surface area contributed by atoms with E-state index in [4.69, 9.17) is 0 Å². The molecule has 0 bridgehead atoms. The molecule has 3 aromatic rings. The number of aryl methyl sites for hydroxylation is 2. The summed E-state index contributed by atoms with van der Waals surface area (Å²) in [6, 6.07) is 10.8. The molecule has 168 valence electrons. The molecule has 1 aliphatic heterocycles. The Bertz CT molecular complexity index is 1230. The molecule has 9 nitrogen and oxygen atoms in total. The number of hydrogen-bond donors (Lipinski definition) is 1. The second-order valence-electron chi connectivity index (χ2n) is 7.74. The number of sulfonamides is 1. The number of nitrogens with one attached hydrogen (secondary N) is 1. The van der Waals surface area contributed by atoms with Crippen molar-refractivity contribution >= 4 is 32.8 Å². The van der Waals surface area contributed by atoms with Gasteiger partial charge in [0, 0.05) is 44.5 Å². The number of nitrogens with zero attached hydrogens (tertiary/aromatic N) is 5. The third-order valence-corrected chi connectivity index (χ3v) is 7.46. The summed E-state index contributed by atoms with van der Waals surface area (Å²) < 4.78 is 26.9. The SMILES string of the molecule is Cc1nc2ccc(C(=O)NCCS(=O)(=O)N3CCN(c4ccccn4)CC3)cc2nc1C. The number of pyridine rings is 1. The van der Waals surface area contributed by atoms with Gasteiger partial charge in [-0.1, -0.05) is 6.07 Å².